The van der Waals surface area contributed by atoms with E-state index in [2.05, 4.69) is 150 Å². The first-order chi connectivity index (χ1) is 29.2. The number of nitrogens with zero attached hydrogens (tertiary/aromatic N) is 4. The molecule has 0 amide bonds. The van der Waals surface area contributed by atoms with Crippen LogP contribution in [0.4, 0.5) is 0 Å². The molecule has 0 bridgehead atoms. The molecule has 0 aliphatic heterocycles. The molecule has 0 atom stereocenters. The highest BCUT2D eigenvalue weighted by Gasteiger charge is 2.20. The summed E-state index contributed by atoms with van der Waals surface area (Å²) in [6, 6.07) is 63.3. The van der Waals surface area contributed by atoms with Crippen molar-refractivity contribution in [2.75, 3.05) is 0 Å². The van der Waals surface area contributed by atoms with Gasteiger partial charge in [-0.3, -0.25) is 0 Å². The van der Waals surface area contributed by atoms with Crippen molar-refractivity contribution in [2.45, 2.75) is 0 Å². The Balaban J connectivity index is 1.02. The van der Waals surface area contributed by atoms with E-state index in [-0.39, 0.29) is 0 Å². The van der Waals surface area contributed by atoms with Gasteiger partial charge in [0.15, 0.2) is 23.1 Å². The maximum Gasteiger partial charge on any atom is 0.164 e. The fourth-order valence-electron chi connectivity index (χ4n) is 9.05. The topological polar surface area (TPSA) is 69.9 Å². The molecule has 4 heterocycles. The van der Waals surface area contributed by atoms with Crippen LogP contribution >= 0.6 is 0 Å². The van der Waals surface area contributed by atoms with Crippen molar-refractivity contribution >= 4 is 87.2 Å². The van der Waals surface area contributed by atoms with Gasteiger partial charge in [-0.1, -0.05) is 121 Å². The molecule has 0 saturated heterocycles. The number of hydrogen-bond acceptors (Lipinski definition) is 5. The molecule has 6 nitrogen and oxygen atoms in total. The minimum absolute atomic E-state index is 0.568. The molecule has 6 heteroatoms. The number of furan rings is 2. The number of rotatable bonds is 4. The molecule has 0 aliphatic rings. The molecule has 274 valence electrons. The van der Waals surface area contributed by atoms with Crippen LogP contribution in [-0.2, 0) is 0 Å². The molecule has 59 heavy (non-hydrogen) atoms. The standard InChI is InChI=1S/C53H30N4O2/c1-2-13-33-29-46-42(27-32(33)12-1)37-16-5-7-20-44(37)57(46)45-21-10-18-40-43-28-34(24-26-48(43)59-50(40)45)51-54-52(35-23-25-39-38-17-6-8-22-47(38)58-49(39)30-35)56-53(55-51)41-19-9-14-31-11-3-4-15-36(31)41/h1-30H. The predicted octanol–water partition coefficient (Wildman–Crippen LogP) is 14.1. The monoisotopic (exact) mass is 754 g/mol. The first kappa shape index (κ1) is 32.0. The van der Waals surface area contributed by atoms with Crippen molar-refractivity contribution in [3.63, 3.8) is 0 Å². The zero-order valence-electron chi connectivity index (χ0n) is 31.4. The minimum atomic E-state index is 0.568. The largest absolute Gasteiger partial charge is 0.456 e. The van der Waals surface area contributed by atoms with E-state index in [0.717, 1.165) is 88.1 Å². The molecule has 13 rings (SSSR count). The Labute approximate surface area is 336 Å². The summed E-state index contributed by atoms with van der Waals surface area (Å²) in [4.78, 5) is 15.5. The Hall–Kier alpha value is -8.09. The number of para-hydroxylation sites is 3. The Bertz CT molecular complexity index is 3870. The molecule has 0 fully saturated rings. The summed E-state index contributed by atoms with van der Waals surface area (Å²) in [6.45, 7) is 0. The third-order valence-electron chi connectivity index (χ3n) is 11.8. The van der Waals surface area contributed by atoms with Crippen molar-refractivity contribution in [3.8, 4) is 39.9 Å². The summed E-state index contributed by atoms with van der Waals surface area (Å²) in [6.07, 6.45) is 0. The smallest absolute Gasteiger partial charge is 0.164 e. The average Bonchev–Trinajstić information content (AvgIpc) is 3.96. The van der Waals surface area contributed by atoms with E-state index in [9.17, 15) is 0 Å². The summed E-state index contributed by atoms with van der Waals surface area (Å²) in [5, 5.41) is 11.2. The van der Waals surface area contributed by atoms with Gasteiger partial charge in [0.25, 0.3) is 0 Å². The molecule has 13 aromatic rings. The Morgan fingerprint density at radius 3 is 1.85 bits per heavy atom. The first-order valence-electron chi connectivity index (χ1n) is 19.8. The molecular formula is C53H30N4O2. The van der Waals surface area contributed by atoms with Gasteiger partial charge in [0.1, 0.15) is 16.7 Å². The van der Waals surface area contributed by atoms with Crippen molar-refractivity contribution in [1.82, 2.24) is 19.5 Å². The zero-order chi connectivity index (χ0) is 38.6. The van der Waals surface area contributed by atoms with Gasteiger partial charge in [0, 0.05) is 49.0 Å². The van der Waals surface area contributed by atoms with Gasteiger partial charge in [-0.15, -0.1) is 0 Å². The van der Waals surface area contributed by atoms with Crippen LogP contribution in [0.3, 0.4) is 0 Å². The third-order valence-corrected chi connectivity index (χ3v) is 11.8. The lowest BCUT2D eigenvalue weighted by molar-refractivity contribution is 0.666. The molecule has 0 spiro atoms. The van der Waals surface area contributed by atoms with Crippen molar-refractivity contribution in [2.24, 2.45) is 0 Å². The Morgan fingerprint density at radius 1 is 0.339 bits per heavy atom. The number of benzene rings is 9. The van der Waals surface area contributed by atoms with Crippen LogP contribution in [0.25, 0.3) is 127 Å². The van der Waals surface area contributed by atoms with E-state index in [4.69, 9.17) is 23.8 Å². The van der Waals surface area contributed by atoms with Gasteiger partial charge in [-0.25, -0.2) is 15.0 Å². The maximum atomic E-state index is 6.80. The number of aromatic nitrogens is 4. The fraction of sp³-hybridized carbons (Fsp3) is 0. The summed E-state index contributed by atoms with van der Waals surface area (Å²) in [5.41, 5.74) is 9.16. The summed E-state index contributed by atoms with van der Waals surface area (Å²) >= 11 is 0. The predicted molar refractivity (Wildman–Crippen MR) is 240 cm³/mol. The zero-order valence-corrected chi connectivity index (χ0v) is 31.4. The second-order valence-corrected chi connectivity index (χ2v) is 15.2. The highest BCUT2D eigenvalue weighted by Crippen LogP contribution is 2.41. The van der Waals surface area contributed by atoms with Gasteiger partial charge in [0.05, 0.1) is 16.7 Å². The van der Waals surface area contributed by atoms with Crippen LogP contribution in [0.15, 0.2) is 191 Å². The molecule has 0 N–H and O–H groups in total. The van der Waals surface area contributed by atoms with E-state index in [1.807, 2.05) is 36.4 Å². The van der Waals surface area contributed by atoms with Gasteiger partial charge < -0.3 is 13.4 Å². The summed E-state index contributed by atoms with van der Waals surface area (Å²) in [7, 11) is 0. The van der Waals surface area contributed by atoms with E-state index in [1.165, 1.54) is 21.5 Å². The third kappa shape index (κ3) is 4.84. The first-order valence-corrected chi connectivity index (χ1v) is 19.8. The second-order valence-electron chi connectivity index (χ2n) is 15.2. The van der Waals surface area contributed by atoms with E-state index in [1.54, 1.807) is 0 Å². The lowest BCUT2D eigenvalue weighted by Gasteiger charge is -2.10. The average molecular weight is 755 g/mol. The van der Waals surface area contributed by atoms with Crippen LogP contribution in [-0.4, -0.2) is 19.5 Å². The van der Waals surface area contributed by atoms with Crippen LogP contribution in [0.2, 0.25) is 0 Å². The van der Waals surface area contributed by atoms with Crippen LogP contribution in [0, 0.1) is 0 Å². The quantitative estimate of drug-likeness (QED) is 0.179. The lowest BCUT2D eigenvalue weighted by Crippen LogP contribution is -2.00. The normalized spacial score (nSPS) is 12.1. The summed E-state index contributed by atoms with van der Waals surface area (Å²) in [5.74, 6) is 1.74. The van der Waals surface area contributed by atoms with E-state index in [0.29, 0.717) is 17.5 Å². The van der Waals surface area contributed by atoms with Crippen molar-refractivity contribution in [1.29, 1.82) is 0 Å². The molecule has 0 radical (unpaired) electrons. The lowest BCUT2D eigenvalue weighted by atomic mass is 10.0. The molecule has 0 unspecified atom stereocenters. The molecule has 4 aromatic heterocycles. The van der Waals surface area contributed by atoms with E-state index < -0.39 is 0 Å². The summed E-state index contributed by atoms with van der Waals surface area (Å²) < 4.78 is 15.4. The molecule has 9 aromatic carbocycles. The van der Waals surface area contributed by atoms with E-state index >= 15 is 0 Å². The maximum absolute atomic E-state index is 6.80. The minimum Gasteiger partial charge on any atom is -0.456 e. The van der Waals surface area contributed by atoms with Crippen LogP contribution in [0.5, 0.6) is 0 Å². The second kappa shape index (κ2) is 12.2. The highest BCUT2D eigenvalue weighted by atomic mass is 16.3. The highest BCUT2D eigenvalue weighted by molar-refractivity contribution is 6.16. The SMILES string of the molecule is c1ccc2cc3c(cc2c1)c1ccccc1n3-c1cccc2c1oc1ccc(-c3nc(-c4ccc5c(c4)oc4ccccc45)nc(-c4cccc5ccccc45)n3)cc12. The number of hydrogen-bond donors (Lipinski definition) is 0. The Kier molecular flexibility index (Phi) is 6.63. The fourth-order valence-corrected chi connectivity index (χ4v) is 9.05. The van der Waals surface area contributed by atoms with Crippen LogP contribution < -0.4 is 0 Å². The number of fused-ring (bicyclic) bond motifs is 11. The van der Waals surface area contributed by atoms with Crippen molar-refractivity contribution in [3.05, 3.63) is 182 Å². The van der Waals surface area contributed by atoms with Gasteiger partial charge in [-0.05, 0) is 82.2 Å². The van der Waals surface area contributed by atoms with Gasteiger partial charge in [-0.2, -0.15) is 0 Å². The van der Waals surface area contributed by atoms with Gasteiger partial charge >= 0.3 is 0 Å². The van der Waals surface area contributed by atoms with Gasteiger partial charge in [0.2, 0.25) is 0 Å². The van der Waals surface area contributed by atoms with Crippen molar-refractivity contribution < 1.29 is 8.83 Å². The molecular weight excluding hydrogens is 725 g/mol. The molecule has 0 aliphatic carbocycles. The van der Waals surface area contributed by atoms with Crippen LogP contribution in [0.1, 0.15) is 0 Å². The molecule has 0 saturated carbocycles. The Morgan fingerprint density at radius 2 is 0.966 bits per heavy atom.